The van der Waals surface area contributed by atoms with Gasteiger partial charge in [-0.05, 0) is 18.6 Å². The Kier molecular flexibility index (Phi) is 3.70. The first-order valence-corrected chi connectivity index (χ1v) is 4.89. The maximum Gasteiger partial charge on any atom is 0.0614 e. The largest absolute Gasteiger partial charge is 0.397 e. The molecule has 0 bridgehead atoms. The van der Waals surface area contributed by atoms with Gasteiger partial charge in [0.15, 0.2) is 0 Å². The van der Waals surface area contributed by atoms with Crippen LogP contribution in [-0.2, 0) is 0 Å². The molecule has 0 spiro atoms. The number of nitrogen functional groups attached to an aromatic ring is 1. The number of rotatable bonds is 3. The summed E-state index contributed by atoms with van der Waals surface area (Å²) in [5.41, 5.74) is 7.20. The zero-order chi connectivity index (χ0) is 9.84. The molecule has 0 unspecified atom stereocenters. The van der Waals surface area contributed by atoms with Crippen LogP contribution in [0.3, 0.4) is 0 Å². The minimum Gasteiger partial charge on any atom is -0.397 e. The number of hydrogen-bond acceptors (Lipinski definition) is 2. The number of halogens is 2. The minimum absolute atomic E-state index is 0.487. The Hall–Kier alpha value is -0.600. The monoisotopic (exact) mass is 218 g/mol. The highest BCUT2D eigenvalue weighted by Crippen LogP contribution is 2.30. The highest BCUT2D eigenvalue weighted by Gasteiger charge is 2.03. The highest BCUT2D eigenvalue weighted by atomic mass is 35.5. The van der Waals surface area contributed by atoms with Gasteiger partial charge >= 0.3 is 0 Å². The molecule has 2 nitrogen and oxygen atoms in total. The van der Waals surface area contributed by atoms with Crippen molar-refractivity contribution < 1.29 is 0 Å². The molecular formula is C9H12Cl2N2. The van der Waals surface area contributed by atoms with Crippen LogP contribution in [0.2, 0.25) is 10.0 Å². The van der Waals surface area contributed by atoms with Crippen molar-refractivity contribution in [2.75, 3.05) is 17.6 Å². The van der Waals surface area contributed by atoms with Gasteiger partial charge < -0.3 is 11.1 Å². The third-order valence-corrected chi connectivity index (χ3v) is 2.38. The Balaban J connectivity index is 2.88. The molecule has 4 heteroatoms. The predicted molar refractivity (Wildman–Crippen MR) is 59.7 cm³/mol. The summed E-state index contributed by atoms with van der Waals surface area (Å²) in [6, 6.07) is 3.40. The Bertz CT molecular complexity index is 300. The molecule has 0 saturated carbocycles. The predicted octanol–water partition coefficient (Wildman–Crippen LogP) is 3.40. The van der Waals surface area contributed by atoms with E-state index in [0.717, 1.165) is 18.7 Å². The van der Waals surface area contributed by atoms with Gasteiger partial charge in [-0.1, -0.05) is 30.1 Å². The lowest BCUT2D eigenvalue weighted by molar-refractivity contribution is 0.980. The van der Waals surface area contributed by atoms with Gasteiger partial charge in [0, 0.05) is 6.54 Å². The van der Waals surface area contributed by atoms with Crippen LogP contribution in [0.5, 0.6) is 0 Å². The van der Waals surface area contributed by atoms with Gasteiger partial charge in [0.25, 0.3) is 0 Å². The summed E-state index contributed by atoms with van der Waals surface area (Å²) in [5.74, 6) is 0. The van der Waals surface area contributed by atoms with Gasteiger partial charge in [0.2, 0.25) is 0 Å². The Labute approximate surface area is 88.0 Å². The average Bonchev–Trinajstić information content (AvgIpc) is 2.09. The molecule has 1 aromatic rings. The normalized spacial score (nSPS) is 10.1. The number of hydrogen-bond donors (Lipinski definition) is 2. The van der Waals surface area contributed by atoms with E-state index in [9.17, 15) is 0 Å². The van der Waals surface area contributed by atoms with Gasteiger partial charge in [0.1, 0.15) is 0 Å². The molecule has 3 N–H and O–H groups in total. The smallest absolute Gasteiger partial charge is 0.0614 e. The molecule has 0 amide bonds. The zero-order valence-corrected chi connectivity index (χ0v) is 8.91. The third-order valence-electron chi connectivity index (χ3n) is 1.66. The second-order valence-corrected chi connectivity index (χ2v) is 3.59. The van der Waals surface area contributed by atoms with Crippen molar-refractivity contribution in [1.29, 1.82) is 0 Å². The van der Waals surface area contributed by atoms with E-state index in [0.29, 0.717) is 15.7 Å². The van der Waals surface area contributed by atoms with Gasteiger partial charge in [-0.25, -0.2) is 0 Å². The van der Waals surface area contributed by atoms with Gasteiger partial charge in [-0.2, -0.15) is 0 Å². The lowest BCUT2D eigenvalue weighted by atomic mass is 10.2. The lowest BCUT2D eigenvalue weighted by Gasteiger charge is -2.09. The molecule has 0 atom stereocenters. The molecule has 1 aromatic carbocycles. The van der Waals surface area contributed by atoms with Crippen LogP contribution in [0.25, 0.3) is 0 Å². The first kappa shape index (κ1) is 10.5. The molecule has 72 valence electrons. The molecule has 13 heavy (non-hydrogen) atoms. The summed E-state index contributed by atoms with van der Waals surface area (Å²) < 4.78 is 0. The zero-order valence-electron chi connectivity index (χ0n) is 7.40. The summed E-state index contributed by atoms with van der Waals surface area (Å²) in [5, 5.41) is 4.17. The molecule has 0 saturated heterocycles. The number of nitrogens with two attached hydrogens (primary N) is 1. The van der Waals surface area contributed by atoms with Crippen molar-refractivity contribution in [3.05, 3.63) is 22.2 Å². The van der Waals surface area contributed by atoms with E-state index in [1.54, 1.807) is 12.1 Å². The van der Waals surface area contributed by atoms with Crippen molar-refractivity contribution in [3.8, 4) is 0 Å². The first-order valence-electron chi connectivity index (χ1n) is 4.13. The van der Waals surface area contributed by atoms with Crippen LogP contribution < -0.4 is 11.1 Å². The maximum atomic E-state index is 5.84. The molecule has 0 aliphatic rings. The number of anilines is 2. The maximum absolute atomic E-state index is 5.84. The van der Waals surface area contributed by atoms with E-state index in [1.165, 1.54) is 0 Å². The number of nitrogens with one attached hydrogen (secondary N) is 1. The van der Waals surface area contributed by atoms with Crippen LogP contribution in [0.15, 0.2) is 12.1 Å². The Morgan fingerprint density at radius 1 is 1.31 bits per heavy atom. The molecular weight excluding hydrogens is 207 g/mol. The molecule has 0 fully saturated rings. The average molecular weight is 219 g/mol. The third kappa shape index (κ3) is 2.68. The number of benzene rings is 1. The molecule has 0 radical (unpaired) electrons. The van der Waals surface area contributed by atoms with Crippen LogP contribution in [0.4, 0.5) is 11.4 Å². The molecule has 0 heterocycles. The van der Waals surface area contributed by atoms with Crippen LogP contribution in [-0.4, -0.2) is 6.54 Å². The molecule has 0 aliphatic carbocycles. The molecule has 0 aromatic heterocycles. The first-order chi connectivity index (χ1) is 6.15. The van der Waals surface area contributed by atoms with E-state index in [-0.39, 0.29) is 0 Å². The quantitative estimate of drug-likeness (QED) is 0.764. The fourth-order valence-corrected chi connectivity index (χ4v) is 1.31. The van der Waals surface area contributed by atoms with Crippen molar-refractivity contribution >= 4 is 34.6 Å². The molecule has 0 aliphatic heterocycles. The SMILES string of the molecule is CCCNc1cc(Cl)c(Cl)cc1N. The van der Waals surface area contributed by atoms with E-state index >= 15 is 0 Å². The highest BCUT2D eigenvalue weighted by molar-refractivity contribution is 6.42. The van der Waals surface area contributed by atoms with Crippen LogP contribution >= 0.6 is 23.2 Å². The van der Waals surface area contributed by atoms with Crippen molar-refractivity contribution in [2.45, 2.75) is 13.3 Å². The van der Waals surface area contributed by atoms with Gasteiger partial charge in [-0.3, -0.25) is 0 Å². The van der Waals surface area contributed by atoms with Crippen LogP contribution in [0, 0.1) is 0 Å². The van der Waals surface area contributed by atoms with E-state index in [4.69, 9.17) is 28.9 Å². The fraction of sp³-hybridized carbons (Fsp3) is 0.333. The van der Waals surface area contributed by atoms with Crippen molar-refractivity contribution in [1.82, 2.24) is 0 Å². The van der Waals surface area contributed by atoms with Gasteiger partial charge in [-0.15, -0.1) is 0 Å². The van der Waals surface area contributed by atoms with Crippen LogP contribution in [0.1, 0.15) is 13.3 Å². The summed E-state index contributed by atoms with van der Waals surface area (Å²) in [7, 11) is 0. The summed E-state index contributed by atoms with van der Waals surface area (Å²) >= 11 is 11.6. The summed E-state index contributed by atoms with van der Waals surface area (Å²) in [6.45, 7) is 2.96. The van der Waals surface area contributed by atoms with E-state index < -0.39 is 0 Å². The Morgan fingerprint density at radius 3 is 2.54 bits per heavy atom. The Morgan fingerprint density at radius 2 is 1.92 bits per heavy atom. The fourth-order valence-electron chi connectivity index (χ4n) is 0.975. The van der Waals surface area contributed by atoms with Gasteiger partial charge in [0.05, 0.1) is 21.4 Å². The topological polar surface area (TPSA) is 38.0 Å². The summed E-state index contributed by atoms with van der Waals surface area (Å²) in [6.07, 6.45) is 1.04. The lowest BCUT2D eigenvalue weighted by Crippen LogP contribution is -2.02. The second-order valence-electron chi connectivity index (χ2n) is 2.78. The van der Waals surface area contributed by atoms with E-state index in [1.807, 2.05) is 0 Å². The van der Waals surface area contributed by atoms with Crippen molar-refractivity contribution in [3.63, 3.8) is 0 Å². The molecule has 1 rings (SSSR count). The summed E-state index contributed by atoms with van der Waals surface area (Å²) in [4.78, 5) is 0. The standard InChI is InChI=1S/C9H12Cl2N2/c1-2-3-13-9-5-7(11)6(10)4-8(9)12/h4-5,13H,2-3,12H2,1H3. The van der Waals surface area contributed by atoms with E-state index in [2.05, 4.69) is 12.2 Å². The minimum atomic E-state index is 0.487. The van der Waals surface area contributed by atoms with Crippen molar-refractivity contribution in [2.24, 2.45) is 0 Å². The second kappa shape index (κ2) is 4.58.